The van der Waals surface area contributed by atoms with Gasteiger partial charge in [0.15, 0.2) is 12.4 Å². The van der Waals surface area contributed by atoms with E-state index in [4.69, 9.17) is 18.9 Å². The number of esters is 2. The Kier molecular flexibility index (Phi) is 45.1. The van der Waals surface area contributed by atoms with Gasteiger partial charge >= 0.3 is 11.9 Å². The van der Waals surface area contributed by atoms with Crippen molar-refractivity contribution in [3.05, 3.63) is 12.2 Å². The summed E-state index contributed by atoms with van der Waals surface area (Å²) in [4.78, 5) is 37.1. The fraction of sp³-hybridized carbons (Fsp3) is 0.907. The first-order valence-corrected chi connectivity index (χ1v) is 26.8. The van der Waals surface area contributed by atoms with Gasteiger partial charge in [0, 0.05) is 12.8 Å². The zero-order valence-electron chi connectivity index (χ0n) is 42.2. The van der Waals surface area contributed by atoms with E-state index in [0.29, 0.717) is 23.9 Å². The maximum absolute atomic E-state index is 12.8. The first-order valence-electron chi connectivity index (χ1n) is 26.8. The summed E-state index contributed by atoms with van der Waals surface area (Å²) in [7, 11) is 5.92. The topological polar surface area (TPSA) is 111 Å². The number of ether oxygens (including phenoxy) is 4. The predicted molar refractivity (Wildman–Crippen MR) is 260 cm³/mol. The predicted octanol–water partition coefficient (Wildman–Crippen LogP) is 13.7. The summed E-state index contributed by atoms with van der Waals surface area (Å²) in [6, 6.07) is 0. The van der Waals surface area contributed by atoms with Crippen LogP contribution in [-0.2, 0) is 33.3 Å². The van der Waals surface area contributed by atoms with Crippen LogP contribution >= 0.6 is 0 Å². The third-order valence-corrected chi connectivity index (χ3v) is 12.0. The van der Waals surface area contributed by atoms with Gasteiger partial charge in [0.25, 0.3) is 0 Å². The number of likely N-dealkylation sites (N-methyl/N-ethyl adjacent to an activating group) is 1. The molecule has 0 aliphatic heterocycles. The number of carbonyl (C=O) groups is 3. The molecule has 0 N–H and O–H groups in total. The molecule has 0 aromatic rings. The Morgan fingerprint density at radius 3 is 1.19 bits per heavy atom. The van der Waals surface area contributed by atoms with Crippen LogP contribution in [-0.4, -0.2) is 82.3 Å². The number of nitrogens with zero attached hydrogens (tertiary/aromatic N) is 1. The highest BCUT2D eigenvalue weighted by atomic mass is 16.7. The van der Waals surface area contributed by atoms with Crippen LogP contribution in [0.1, 0.15) is 258 Å². The molecule has 2 atom stereocenters. The molecular formula is C54H103NO8. The molecule has 0 aromatic carbocycles. The number of hydrogen-bond donors (Lipinski definition) is 0. The minimum atomic E-state index is -1.62. The number of hydrogen-bond acceptors (Lipinski definition) is 8. The van der Waals surface area contributed by atoms with Gasteiger partial charge in [0.2, 0.25) is 0 Å². The number of carboxylic acid groups (broad SMARTS) is 1. The average Bonchev–Trinajstić information content (AvgIpc) is 3.24. The van der Waals surface area contributed by atoms with E-state index < -0.39 is 24.3 Å². The zero-order chi connectivity index (χ0) is 46.3. The second kappa shape index (κ2) is 46.6. The molecule has 0 fully saturated rings. The molecule has 372 valence electrons. The van der Waals surface area contributed by atoms with Crippen LogP contribution in [0.15, 0.2) is 12.2 Å². The average molecular weight is 894 g/mol. The fourth-order valence-corrected chi connectivity index (χ4v) is 7.83. The standard InChI is InChI=1S/C54H103NO8/c1-6-8-10-12-14-16-18-20-21-22-23-24-25-26-27-28-29-30-31-33-34-36-38-40-42-44-51(56)61-48-50(49-62-54(53(58)59)60-47-46-55(3,4)5)63-52(57)45-43-41-39-37-35-32-19-17-15-13-11-9-7-2/h17,19,50,54H,6-16,18,20-49H2,1-5H3/b19-17-. The Morgan fingerprint density at radius 1 is 0.460 bits per heavy atom. The Balaban J connectivity index is 4.16. The highest BCUT2D eigenvalue weighted by Gasteiger charge is 2.22. The van der Waals surface area contributed by atoms with Crippen molar-refractivity contribution in [1.82, 2.24) is 0 Å². The van der Waals surface area contributed by atoms with Gasteiger partial charge in [-0.2, -0.15) is 0 Å². The van der Waals surface area contributed by atoms with Gasteiger partial charge in [-0.1, -0.05) is 219 Å². The quantitative estimate of drug-likeness (QED) is 0.0195. The molecule has 63 heavy (non-hydrogen) atoms. The molecule has 0 saturated heterocycles. The molecule has 0 aliphatic carbocycles. The maximum Gasteiger partial charge on any atom is 0.306 e. The van der Waals surface area contributed by atoms with Gasteiger partial charge in [-0.25, -0.2) is 0 Å². The first-order chi connectivity index (χ1) is 30.6. The van der Waals surface area contributed by atoms with Gasteiger partial charge in [-0.3, -0.25) is 9.59 Å². The third-order valence-electron chi connectivity index (χ3n) is 12.0. The number of carbonyl (C=O) groups excluding carboxylic acids is 3. The summed E-state index contributed by atoms with van der Waals surface area (Å²) >= 11 is 0. The SMILES string of the molecule is CCCCCC/C=C\CCCCCCCC(=O)OC(COC(=O)CCCCCCCCCCCCCCCCCCCCCCCCCCC)COC(OCC[N+](C)(C)C)C(=O)[O-]. The highest BCUT2D eigenvalue weighted by molar-refractivity contribution is 5.70. The summed E-state index contributed by atoms with van der Waals surface area (Å²) in [5.74, 6) is -2.28. The second-order valence-electron chi connectivity index (χ2n) is 19.5. The lowest BCUT2D eigenvalue weighted by Crippen LogP contribution is -2.44. The maximum atomic E-state index is 12.8. The number of aliphatic carboxylic acids is 1. The van der Waals surface area contributed by atoms with Gasteiger partial charge in [0.1, 0.15) is 13.2 Å². The highest BCUT2D eigenvalue weighted by Crippen LogP contribution is 2.17. The van der Waals surface area contributed by atoms with Crippen LogP contribution in [0, 0.1) is 0 Å². The van der Waals surface area contributed by atoms with E-state index in [2.05, 4.69) is 26.0 Å². The molecule has 0 aromatic heterocycles. The summed E-state index contributed by atoms with van der Waals surface area (Å²) in [6.45, 7) is 4.76. The van der Waals surface area contributed by atoms with Crippen LogP contribution in [0.25, 0.3) is 0 Å². The molecule has 0 rings (SSSR count). The van der Waals surface area contributed by atoms with E-state index in [1.807, 2.05) is 21.1 Å². The molecule has 0 saturated carbocycles. The molecule has 0 radical (unpaired) electrons. The number of quaternary nitrogens is 1. The normalized spacial score (nSPS) is 12.8. The van der Waals surface area contributed by atoms with Crippen LogP contribution in [0.3, 0.4) is 0 Å². The minimum Gasteiger partial charge on any atom is -0.545 e. The number of carboxylic acids is 1. The molecule has 0 heterocycles. The van der Waals surface area contributed by atoms with E-state index in [0.717, 1.165) is 51.4 Å². The Labute approximate surface area is 389 Å². The summed E-state index contributed by atoms with van der Waals surface area (Å²) in [6.07, 6.45) is 48.3. The summed E-state index contributed by atoms with van der Waals surface area (Å²) < 4.78 is 22.6. The van der Waals surface area contributed by atoms with Crippen LogP contribution in [0.5, 0.6) is 0 Å². The van der Waals surface area contributed by atoms with Crippen molar-refractivity contribution >= 4 is 17.9 Å². The minimum absolute atomic E-state index is 0.149. The lowest BCUT2D eigenvalue weighted by molar-refractivity contribution is -0.870. The molecule has 9 heteroatoms. The smallest absolute Gasteiger partial charge is 0.306 e. The molecule has 0 bridgehead atoms. The molecule has 0 aliphatic rings. The van der Waals surface area contributed by atoms with Crippen molar-refractivity contribution in [2.75, 3.05) is 47.5 Å². The largest absolute Gasteiger partial charge is 0.545 e. The summed E-state index contributed by atoms with van der Waals surface area (Å²) in [5, 5.41) is 11.7. The van der Waals surface area contributed by atoms with Gasteiger partial charge in [-0.05, 0) is 38.5 Å². The fourth-order valence-electron chi connectivity index (χ4n) is 7.83. The molecule has 9 nitrogen and oxygen atoms in total. The lowest BCUT2D eigenvalue weighted by atomic mass is 10.0. The zero-order valence-corrected chi connectivity index (χ0v) is 42.2. The van der Waals surface area contributed by atoms with E-state index in [1.54, 1.807) is 0 Å². The van der Waals surface area contributed by atoms with E-state index in [1.165, 1.54) is 173 Å². The van der Waals surface area contributed by atoms with Gasteiger partial charge in [-0.15, -0.1) is 0 Å². The van der Waals surface area contributed by atoms with Crippen molar-refractivity contribution < 1.29 is 42.9 Å². The monoisotopic (exact) mass is 894 g/mol. The number of unbranched alkanes of at least 4 members (excludes halogenated alkanes) is 33. The molecule has 2 unspecified atom stereocenters. The van der Waals surface area contributed by atoms with Crippen LogP contribution in [0.4, 0.5) is 0 Å². The van der Waals surface area contributed by atoms with Crippen molar-refractivity contribution in [3.8, 4) is 0 Å². The molecule has 0 amide bonds. The third kappa shape index (κ3) is 47.8. The summed E-state index contributed by atoms with van der Waals surface area (Å²) in [5.41, 5.74) is 0. The van der Waals surface area contributed by atoms with Crippen molar-refractivity contribution in [2.24, 2.45) is 0 Å². The van der Waals surface area contributed by atoms with E-state index in [-0.39, 0.29) is 32.2 Å². The second-order valence-corrected chi connectivity index (χ2v) is 19.5. The van der Waals surface area contributed by atoms with Crippen molar-refractivity contribution in [2.45, 2.75) is 270 Å². The Bertz CT molecular complexity index is 1040. The van der Waals surface area contributed by atoms with Crippen molar-refractivity contribution in [1.29, 1.82) is 0 Å². The Hall–Kier alpha value is -1.97. The van der Waals surface area contributed by atoms with E-state index in [9.17, 15) is 19.5 Å². The molecular weight excluding hydrogens is 791 g/mol. The van der Waals surface area contributed by atoms with Crippen LogP contribution in [0.2, 0.25) is 0 Å². The van der Waals surface area contributed by atoms with Gasteiger partial charge in [0.05, 0.1) is 40.3 Å². The number of allylic oxidation sites excluding steroid dienone is 2. The van der Waals surface area contributed by atoms with Crippen molar-refractivity contribution in [3.63, 3.8) is 0 Å². The van der Waals surface area contributed by atoms with Gasteiger partial charge < -0.3 is 33.3 Å². The van der Waals surface area contributed by atoms with Crippen LogP contribution < -0.4 is 5.11 Å². The van der Waals surface area contributed by atoms with E-state index >= 15 is 0 Å². The molecule has 0 spiro atoms. The lowest BCUT2D eigenvalue weighted by Gasteiger charge is -2.26. The number of rotatable bonds is 50. The Morgan fingerprint density at radius 2 is 0.810 bits per heavy atom. The first kappa shape index (κ1) is 61.0.